The van der Waals surface area contributed by atoms with E-state index >= 15 is 0 Å². The molecule has 25 heteroatoms. The molecule has 4 rings (SSSR count). The van der Waals surface area contributed by atoms with E-state index in [9.17, 15) is 76.0 Å². The second-order valence-electron chi connectivity index (χ2n) is 27.1. The summed E-state index contributed by atoms with van der Waals surface area (Å²) in [7, 11) is 0. The van der Waals surface area contributed by atoms with Crippen LogP contribution in [0.5, 0.6) is 0 Å². The van der Waals surface area contributed by atoms with Crippen molar-refractivity contribution in [3.63, 3.8) is 0 Å². The number of carbonyl (C=O) groups is 2. The van der Waals surface area contributed by atoms with Crippen molar-refractivity contribution in [2.75, 3.05) is 33.0 Å². The molecule has 0 aromatic rings. The number of ether oxygens (including phenoxy) is 8. The Bertz CT molecular complexity index is 1960. The van der Waals surface area contributed by atoms with Crippen LogP contribution in [0.3, 0.4) is 0 Å². The molecular weight excluding hydrogens is 1240 g/mol. The van der Waals surface area contributed by atoms with Gasteiger partial charge in [0.05, 0.1) is 45.2 Å². The SMILES string of the molecule is CCCCCCCCCCCCC/C=C/[C@@H](O)[C@H](CO[C@@H]1O[C@H](CO)[C@@H](O[C@@H]2O[C@H](CO)[C@H](O[C@@H]3O[C@H](CO)[C@H](O)[C@H](O[C@@H]4O[C@H](CO)[C@H](O)[C@H](O)[C@H]4O)[C@H]3NC(C)=O)[C@H](O)[C@H]2O)[C@H](O)C1O)NC(=O)CCCCCCCCCCCCCCCCCCCCCCCCC. The molecule has 0 radical (unpaired) electrons. The van der Waals surface area contributed by atoms with E-state index in [-0.39, 0.29) is 12.3 Å². The number of unbranched alkanes of at least 4 members (excludes halogenated alkanes) is 33. The number of hydrogen-bond acceptors (Lipinski definition) is 23. The third-order valence-corrected chi connectivity index (χ3v) is 19.1. The molecule has 22 atom stereocenters. The number of aliphatic hydroxyl groups excluding tert-OH is 13. The number of aliphatic hydroxyl groups is 13. The van der Waals surface area contributed by atoms with E-state index in [0.717, 1.165) is 45.4 Å². The van der Waals surface area contributed by atoms with Crippen molar-refractivity contribution < 1.29 is 114 Å². The first-order valence-electron chi connectivity index (χ1n) is 36.9. The highest BCUT2D eigenvalue weighted by molar-refractivity contribution is 5.76. The van der Waals surface area contributed by atoms with Crippen molar-refractivity contribution in [3.8, 4) is 0 Å². The first-order valence-corrected chi connectivity index (χ1v) is 36.9. The smallest absolute Gasteiger partial charge is 0.220 e. The Labute approximate surface area is 566 Å². The number of carbonyl (C=O) groups excluding carboxylic acids is 2. The van der Waals surface area contributed by atoms with Crippen LogP contribution < -0.4 is 10.6 Å². The highest BCUT2D eigenvalue weighted by Gasteiger charge is 2.56. The van der Waals surface area contributed by atoms with Crippen molar-refractivity contribution in [1.29, 1.82) is 0 Å². The number of hydrogen-bond donors (Lipinski definition) is 15. The topological polar surface area (TPSA) is 395 Å². The molecule has 4 aliphatic heterocycles. The standard InChI is InChI=1S/C70H130N2O23/c1-4-6-8-10-12-14-16-18-19-20-21-22-23-24-25-26-27-29-31-33-35-37-39-41-54(79)72-48(49(78)40-38-36-34-32-30-28-17-15-13-11-9-7-5-2)46-88-68-62(86)59(83)65(52(44-75)91-68)94-70-63(87)60(84)64(53(45-76)92-70)93-67-55(71-47(3)77)66(57(81)51(43-74)89-67)95-69-61(85)58(82)56(80)50(42-73)90-69/h38,40,48-53,55-70,73-76,78,80-87H,4-37,39,41-46H2,1-3H3,(H,71,77)(H,72,79)/b40-38+/t48-,49+,50+,51+,52+,53+,55+,56-,57-,58-,59+,60+,61+,62?,63+,64-,65+,66+,67-,68+,69-,70-/m0/s1. The van der Waals surface area contributed by atoms with E-state index < -0.39 is 174 Å². The van der Waals surface area contributed by atoms with Gasteiger partial charge in [-0.1, -0.05) is 231 Å². The van der Waals surface area contributed by atoms with Gasteiger partial charge >= 0.3 is 0 Å². The van der Waals surface area contributed by atoms with E-state index in [0.29, 0.717) is 12.8 Å². The number of rotatable bonds is 53. The van der Waals surface area contributed by atoms with Gasteiger partial charge < -0.3 is 115 Å². The fourth-order valence-corrected chi connectivity index (χ4v) is 13.1. The zero-order valence-electron chi connectivity index (χ0n) is 57.7. The highest BCUT2D eigenvalue weighted by Crippen LogP contribution is 2.35. The molecule has 15 N–H and O–H groups in total. The lowest BCUT2D eigenvalue weighted by Gasteiger charge is -2.50. The van der Waals surface area contributed by atoms with Gasteiger partial charge in [0.2, 0.25) is 11.8 Å². The molecule has 4 saturated heterocycles. The molecule has 558 valence electrons. The van der Waals surface area contributed by atoms with Crippen molar-refractivity contribution in [2.45, 2.75) is 387 Å². The molecule has 4 heterocycles. The Hall–Kier alpha value is -2.16. The molecule has 0 bridgehead atoms. The second-order valence-corrected chi connectivity index (χ2v) is 27.1. The normalized spacial score (nSPS) is 32.0. The van der Waals surface area contributed by atoms with Crippen molar-refractivity contribution >= 4 is 11.8 Å². The lowest BCUT2D eigenvalue weighted by atomic mass is 9.94. The monoisotopic (exact) mass is 1370 g/mol. The summed E-state index contributed by atoms with van der Waals surface area (Å²) in [4.78, 5) is 26.1. The lowest BCUT2D eigenvalue weighted by Crippen LogP contribution is -2.70. The Balaban J connectivity index is 1.28. The zero-order chi connectivity index (χ0) is 69.3. The van der Waals surface area contributed by atoms with Crippen LogP contribution in [-0.4, -0.2) is 246 Å². The summed E-state index contributed by atoms with van der Waals surface area (Å²) in [6.07, 6.45) is 11.4. The van der Waals surface area contributed by atoms with Crippen LogP contribution >= 0.6 is 0 Å². The average Bonchev–Trinajstić information content (AvgIpc) is 0.779. The quantitative estimate of drug-likeness (QED) is 0.0284. The second kappa shape index (κ2) is 50.2. The van der Waals surface area contributed by atoms with Crippen LogP contribution in [0.4, 0.5) is 0 Å². The van der Waals surface area contributed by atoms with Crippen molar-refractivity contribution in [1.82, 2.24) is 10.6 Å². The molecule has 2 amide bonds. The predicted molar refractivity (Wildman–Crippen MR) is 354 cm³/mol. The van der Waals surface area contributed by atoms with Gasteiger partial charge in [-0.2, -0.15) is 0 Å². The van der Waals surface area contributed by atoms with Gasteiger partial charge in [-0.3, -0.25) is 9.59 Å². The number of allylic oxidation sites excluding steroid dienone is 1. The average molecular weight is 1370 g/mol. The van der Waals surface area contributed by atoms with E-state index in [1.54, 1.807) is 6.08 Å². The first-order chi connectivity index (χ1) is 46.0. The maximum absolute atomic E-state index is 13.5. The van der Waals surface area contributed by atoms with Gasteiger partial charge in [-0.05, 0) is 19.3 Å². The van der Waals surface area contributed by atoms with Crippen LogP contribution in [0, 0.1) is 0 Å². The summed E-state index contributed by atoms with van der Waals surface area (Å²) >= 11 is 0. The van der Waals surface area contributed by atoms with Crippen LogP contribution in [0.2, 0.25) is 0 Å². The van der Waals surface area contributed by atoms with Gasteiger partial charge in [0.25, 0.3) is 0 Å². The summed E-state index contributed by atoms with van der Waals surface area (Å²) in [6.45, 7) is 1.63. The van der Waals surface area contributed by atoms with Gasteiger partial charge in [0.15, 0.2) is 25.2 Å². The molecule has 95 heavy (non-hydrogen) atoms. The molecule has 1 unspecified atom stereocenters. The molecule has 4 fully saturated rings. The third kappa shape index (κ3) is 30.9. The minimum atomic E-state index is -2.10. The molecule has 0 saturated carbocycles. The molecule has 0 aliphatic carbocycles. The number of nitrogens with one attached hydrogen (secondary N) is 2. The highest BCUT2D eigenvalue weighted by atomic mass is 16.8. The van der Waals surface area contributed by atoms with E-state index in [1.807, 2.05) is 6.08 Å². The molecule has 0 aromatic heterocycles. The van der Waals surface area contributed by atoms with Crippen molar-refractivity contribution in [2.24, 2.45) is 0 Å². The maximum atomic E-state index is 13.5. The summed E-state index contributed by atoms with van der Waals surface area (Å²) in [5, 5.41) is 147. The number of amides is 2. The minimum absolute atomic E-state index is 0.218. The van der Waals surface area contributed by atoms with E-state index in [4.69, 9.17) is 37.9 Å². The summed E-state index contributed by atoms with van der Waals surface area (Å²) in [6, 6.07) is -2.62. The third-order valence-electron chi connectivity index (χ3n) is 19.1. The van der Waals surface area contributed by atoms with Crippen molar-refractivity contribution in [3.05, 3.63) is 12.2 Å². The fourth-order valence-electron chi connectivity index (χ4n) is 13.1. The Morgan fingerprint density at radius 3 is 1.19 bits per heavy atom. The summed E-state index contributed by atoms with van der Waals surface area (Å²) < 4.78 is 46.8. The molecule has 0 aromatic carbocycles. The Morgan fingerprint density at radius 2 is 0.758 bits per heavy atom. The molecular formula is C70H130N2O23. The van der Waals surface area contributed by atoms with E-state index in [1.165, 1.54) is 173 Å². The Morgan fingerprint density at radius 1 is 0.411 bits per heavy atom. The minimum Gasteiger partial charge on any atom is -0.394 e. The zero-order valence-corrected chi connectivity index (χ0v) is 57.7. The largest absolute Gasteiger partial charge is 0.394 e. The van der Waals surface area contributed by atoms with Crippen LogP contribution in [-0.2, 0) is 47.5 Å². The van der Waals surface area contributed by atoms with Gasteiger partial charge in [0, 0.05) is 13.3 Å². The predicted octanol–water partition coefficient (Wildman–Crippen LogP) is 4.90. The maximum Gasteiger partial charge on any atom is 0.220 e. The van der Waals surface area contributed by atoms with Gasteiger partial charge in [-0.15, -0.1) is 0 Å². The summed E-state index contributed by atoms with van der Waals surface area (Å²) in [5.74, 6) is -1.06. The Kier molecular flexibility index (Phi) is 45.1. The van der Waals surface area contributed by atoms with Crippen LogP contribution in [0.1, 0.15) is 252 Å². The lowest BCUT2D eigenvalue weighted by molar-refractivity contribution is -0.380. The molecule has 4 aliphatic rings. The molecule has 25 nitrogen and oxygen atoms in total. The first kappa shape index (κ1) is 85.3. The van der Waals surface area contributed by atoms with Crippen LogP contribution in [0.15, 0.2) is 12.2 Å². The fraction of sp³-hybridized carbons (Fsp3) is 0.943. The van der Waals surface area contributed by atoms with Crippen LogP contribution in [0.25, 0.3) is 0 Å². The van der Waals surface area contributed by atoms with E-state index in [2.05, 4.69) is 24.5 Å². The summed E-state index contributed by atoms with van der Waals surface area (Å²) in [5.41, 5.74) is 0. The van der Waals surface area contributed by atoms with Gasteiger partial charge in [-0.25, -0.2) is 0 Å². The molecule has 0 spiro atoms. The van der Waals surface area contributed by atoms with Gasteiger partial charge in [0.1, 0.15) is 97.6 Å².